The quantitative estimate of drug-likeness (QED) is 0.147. The number of aryl methyl sites for hydroxylation is 1. The number of carbonyl (C=O) groups excluding carboxylic acids is 3. The molecule has 7 nitrogen and oxygen atoms in total. The van der Waals surface area contributed by atoms with E-state index in [1.165, 1.54) is 47.4 Å². The van der Waals surface area contributed by atoms with E-state index >= 15 is 0 Å². The molecule has 40 heavy (non-hydrogen) atoms. The minimum atomic E-state index is -0.671. The lowest BCUT2D eigenvalue weighted by molar-refractivity contribution is -0.115. The third kappa shape index (κ3) is 7.78. The SMILES string of the molecule is Cc1csc(NC(=O)C(C)Sc2ccc(NC(=O)/C(=C/c3c(F)cccc3Cl)NC(=O)c3ccccc3)cc2)n1. The average Bonchev–Trinajstić information content (AvgIpc) is 3.35. The molecule has 0 fully saturated rings. The van der Waals surface area contributed by atoms with Gasteiger partial charge in [0.05, 0.1) is 16.0 Å². The number of hydrogen-bond donors (Lipinski definition) is 3. The Morgan fingerprint density at radius 2 is 1.73 bits per heavy atom. The van der Waals surface area contributed by atoms with E-state index in [0.717, 1.165) is 10.6 Å². The van der Waals surface area contributed by atoms with Gasteiger partial charge in [-0.3, -0.25) is 14.4 Å². The fourth-order valence-electron chi connectivity index (χ4n) is 3.43. The van der Waals surface area contributed by atoms with Gasteiger partial charge in [-0.05, 0) is 68.5 Å². The maximum Gasteiger partial charge on any atom is 0.272 e. The molecule has 1 heterocycles. The summed E-state index contributed by atoms with van der Waals surface area (Å²) in [6, 6.07) is 19.3. The van der Waals surface area contributed by atoms with Gasteiger partial charge in [-0.15, -0.1) is 23.1 Å². The Balaban J connectivity index is 1.47. The number of thiazole rings is 1. The van der Waals surface area contributed by atoms with Gasteiger partial charge >= 0.3 is 0 Å². The Morgan fingerprint density at radius 3 is 2.38 bits per heavy atom. The molecule has 0 radical (unpaired) electrons. The second kappa shape index (κ2) is 13.4. The minimum absolute atomic E-state index is 0.0328. The fraction of sp³-hybridized carbons (Fsp3) is 0.103. The van der Waals surface area contributed by atoms with Gasteiger partial charge in [0.15, 0.2) is 5.13 Å². The van der Waals surface area contributed by atoms with Crippen LogP contribution in [0.15, 0.2) is 88.8 Å². The van der Waals surface area contributed by atoms with Crippen LogP contribution in [0.2, 0.25) is 5.02 Å². The summed E-state index contributed by atoms with van der Waals surface area (Å²) < 4.78 is 14.5. The van der Waals surface area contributed by atoms with Crippen molar-refractivity contribution in [2.75, 3.05) is 10.6 Å². The molecule has 3 N–H and O–H groups in total. The van der Waals surface area contributed by atoms with Crippen LogP contribution in [-0.2, 0) is 9.59 Å². The van der Waals surface area contributed by atoms with E-state index in [9.17, 15) is 18.8 Å². The largest absolute Gasteiger partial charge is 0.321 e. The first-order chi connectivity index (χ1) is 19.2. The van der Waals surface area contributed by atoms with Gasteiger partial charge in [0.2, 0.25) is 5.91 Å². The number of hydrogen-bond acceptors (Lipinski definition) is 6. The highest BCUT2D eigenvalue weighted by Gasteiger charge is 2.18. The normalized spacial score (nSPS) is 11.9. The fourth-order valence-corrected chi connectivity index (χ4v) is 5.20. The standard InChI is InChI=1S/C29H24ClFN4O3S2/c1-17-16-39-29(32-17)35-26(36)18(2)40-21-13-11-20(12-14-21)33-28(38)25(15-22-23(30)9-6-10-24(22)31)34-27(37)19-7-4-3-5-8-19/h3-16,18H,1-2H3,(H,33,38)(H,34,37)(H,32,35,36)/b25-15-. The zero-order chi connectivity index (χ0) is 28.6. The Hall–Kier alpha value is -3.99. The highest BCUT2D eigenvalue weighted by Crippen LogP contribution is 2.27. The number of nitrogens with one attached hydrogen (secondary N) is 3. The number of nitrogens with zero attached hydrogens (tertiary/aromatic N) is 1. The van der Waals surface area contributed by atoms with E-state index in [1.54, 1.807) is 61.5 Å². The summed E-state index contributed by atoms with van der Waals surface area (Å²) in [5.74, 6) is -2.03. The molecule has 0 saturated heterocycles. The van der Waals surface area contributed by atoms with E-state index in [0.29, 0.717) is 16.4 Å². The maximum atomic E-state index is 14.5. The van der Waals surface area contributed by atoms with Crippen LogP contribution in [0.25, 0.3) is 6.08 Å². The van der Waals surface area contributed by atoms with Crippen molar-refractivity contribution >= 4 is 69.3 Å². The van der Waals surface area contributed by atoms with Crippen LogP contribution >= 0.6 is 34.7 Å². The highest BCUT2D eigenvalue weighted by atomic mass is 35.5. The molecule has 1 unspecified atom stereocenters. The second-order valence-electron chi connectivity index (χ2n) is 8.54. The predicted molar refractivity (Wildman–Crippen MR) is 159 cm³/mol. The van der Waals surface area contributed by atoms with Gasteiger partial charge in [-0.2, -0.15) is 0 Å². The Morgan fingerprint density at radius 1 is 1.00 bits per heavy atom. The molecule has 1 atom stereocenters. The van der Waals surface area contributed by atoms with Crippen molar-refractivity contribution in [1.29, 1.82) is 0 Å². The van der Waals surface area contributed by atoms with Crippen LogP contribution in [0.3, 0.4) is 0 Å². The van der Waals surface area contributed by atoms with Crippen molar-refractivity contribution in [2.24, 2.45) is 0 Å². The van der Waals surface area contributed by atoms with Gasteiger partial charge in [-0.25, -0.2) is 9.37 Å². The van der Waals surface area contributed by atoms with Gasteiger partial charge in [0.25, 0.3) is 11.8 Å². The van der Waals surface area contributed by atoms with Crippen LogP contribution in [-0.4, -0.2) is 28.0 Å². The summed E-state index contributed by atoms with van der Waals surface area (Å²) in [5, 5.41) is 10.2. The number of carbonyl (C=O) groups is 3. The number of thioether (sulfide) groups is 1. The molecule has 204 valence electrons. The Kier molecular flexibility index (Phi) is 9.70. The van der Waals surface area contributed by atoms with E-state index in [-0.39, 0.29) is 22.2 Å². The van der Waals surface area contributed by atoms with Crippen LogP contribution in [0, 0.1) is 12.7 Å². The van der Waals surface area contributed by atoms with E-state index in [2.05, 4.69) is 20.9 Å². The zero-order valence-corrected chi connectivity index (χ0v) is 23.8. The lowest BCUT2D eigenvalue weighted by Gasteiger charge is -2.13. The minimum Gasteiger partial charge on any atom is -0.321 e. The molecular formula is C29H24ClFN4O3S2. The summed E-state index contributed by atoms with van der Waals surface area (Å²) in [6.07, 6.45) is 1.20. The first kappa shape index (κ1) is 29.0. The Bertz CT molecular complexity index is 1540. The summed E-state index contributed by atoms with van der Waals surface area (Å²) >= 11 is 8.87. The molecule has 4 rings (SSSR count). The molecule has 0 aliphatic carbocycles. The summed E-state index contributed by atoms with van der Waals surface area (Å²) in [7, 11) is 0. The van der Waals surface area contributed by atoms with Crippen LogP contribution < -0.4 is 16.0 Å². The second-order valence-corrected chi connectivity index (χ2v) is 11.2. The number of anilines is 2. The van der Waals surface area contributed by atoms with Gasteiger partial charge in [0.1, 0.15) is 11.5 Å². The molecule has 4 aromatic rings. The molecule has 3 amide bonds. The highest BCUT2D eigenvalue weighted by molar-refractivity contribution is 8.00. The number of benzene rings is 3. The molecule has 0 aliphatic heterocycles. The van der Waals surface area contributed by atoms with Crippen molar-refractivity contribution in [3.8, 4) is 0 Å². The molecule has 1 aromatic heterocycles. The summed E-state index contributed by atoms with van der Waals surface area (Å²) in [6.45, 7) is 3.65. The van der Waals surface area contributed by atoms with Gasteiger partial charge in [-0.1, -0.05) is 35.9 Å². The van der Waals surface area contributed by atoms with Crippen LogP contribution in [0.1, 0.15) is 28.5 Å². The van der Waals surface area contributed by atoms with Crippen molar-refractivity contribution in [2.45, 2.75) is 24.0 Å². The Labute approximate surface area is 243 Å². The molecular weight excluding hydrogens is 571 g/mol. The van der Waals surface area contributed by atoms with Crippen molar-refractivity contribution in [3.63, 3.8) is 0 Å². The molecule has 0 aliphatic rings. The monoisotopic (exact) mass is 594 g/mol. The van der Waals surface area contributed by atoms with Crippen LogP contribution in [0.5, 0.6) is 0 Å². The molecule has 0 saturated carbocycles. The predicted octanol–water partition coefficient (Wildman–Crippen LogP) is 6.77. The van der Waals surface area contributed by atoms with E-state index in [1.807, 2.05) is 12.3 Å². The summed E-state index contributed by atoms with van der Waals surface area (Å²) in [4.78, 5) is 43.6. The topological polar surface area (TPSA) is 100 Å². The van der Waals surface area contributed by atoms with Crippen LogP contribution in [0.4, 0.5) is 15.2 Å². The first-order valence-corrected chi connectivity index (χ1v) is 14.2. The first-order valence-electron chi connectivity index (χ1n) is 12.0. The lowest BCUT2D eigenvalue weighted by Crippen LogP contribution is -2.30. The van der Waals surface area contributed by atoms with Gasteiger partial charge < -0.3 is 16.0 Å². The van der Waals surface area contributed by atoms with Crippen molar-refractivity contribution in [1.82, 2.24) is 10.3 Å². The third-order valence-corrected chi connectivity index (χ3v) is 7.78. The number of halogens is 2. The zero-order valence-electron chi connectivity index (χ0n) is 21.4. The van der Waals surface area contributed by atoms with Gasteiger partial charge in [0, 0.05) is 27.1 Å². The molecule has 0 bridgehead atoms. The third-order valence-electron chi connectivity index (χ3n) is 5.46. The lowest BCUT2D eigenvalue weighted by atomic mass is 10.1. The average molecular weight is 595 g/mol. The molecule has 3 aromatic carbocycles. The van der Waals surface area contributed by atoms with E-state index < -0.39 is 22.9 Å². The van der Waals surface area contributed by atoms with Crippen molar-refractivity contribution < 1.29 is 18.8 Å². The number of aromatic nitrogens is 1. The molecule has 11 heteroatoms. The molecule has 0 spiro atoms. The number of amides is 3. The summed E-state index contributed by atoms with van der Waals surface area (Å²) in [5.41, 5.74) is 1.37. The smallest absolute Gasteiger partial charge is 0.272 e. The van der Waals surface area contributed by atoms with E-state index in [4.69, 9.17) is 11.6 Å². The number of rotatable bonds is 9. The van der Waals surface area contributed by atoms with Crippen molar-refractivity contribution in [3.05, 3.63) is 112 Å². The maximum absolute atomic E-state index is 14.5.